The molecule has 0 saturated carbocycles. The first-order chi connectivity index (χ1) is 13.8. The molecule has 0 aliphatic carbocycles. The van der Waals surface area contributed by atoms with Crippen molar-refractivity contribution in [3.05, 3.63) is 81.3 Å². The Morgan fingerprint density at radius 1 is 0.931 bits per heavy atom. The zero-order valence-corrected chi connectivity index (χ0v) is 18.2. The second-order valence-electron chi connectivity index (χ2n) is 7.59. The molecule has 0 spiro atoms. The minimum absolute atomic E-state index is 0.0239. The van der Waals surface area contributed by atoms with Crippen LogP contribution in [0.2, 0.25) is 0 Å². The molecule has 1 fully saturated rings. The van der Waals surface area contributed by atoms with Crippen molar-refractivity contribution >= 4 is 23.4 Å². The second-order valence-corrected chi connectivity index (χ2v) is 9.02. The molecule has 29 heavy (non-hydrogen) atoms. The van der Waals surface area contributed by atoms with Crippen LogP contribution in [0.4, 0.5) is 5.69 Å². The molecule has 6 heteroatoms. The van der Waals surface area contributed by atoms with Gasteiger partial charge in [-0.2, -0.15) is 0 Å². The third-order valence-electron chi connectivity index (χ3n) is 5.73. The van der Waals surface area contributed by atoms with E-state index < -0.39 is 0 Å². The molecule has 1 amide bonds. The quantitative estimate of drug-likeness (QED) is 0.651. The molecule has 1 aromatic heterocycles. The van der Waals surface area contributed by atoms with Crippen LogP contribution in [0.3, 0.4) is 0 Å². The Morgan fingerprint density at radius 3 is 2.28 bits per heavy atom. The van der Waals surface area contributed by atoms with Gasteiger partial charge < -0.3 is 0 Å². The summed E-state index contributed by atoms with van der Waals surface area (Å²) in [5.74, 6) is -0.0239. The van der Waals surface area contributed by atoms with E-state index in [1.807, 2.05) is 55.9 Å². The summed E-state index contributed by atoms with van der Waals surface area (Å²) in [5, 5.41) is -0.416. The van der Waals surface area contributed by atoms with Crippen LogP contribution in [0.1, 0.15) is 34.7 Å². The van der Waals surface area contributed by atoms with Crippen LogP contribution in [0.15, 0.2) is 53.3 Å². The van der Waals surface area contributed by atoms with Gasteiger partial charge in [0.15, 0.2) is 0 Å². The first-order valence-electron chi connectivity index (χ1n) is 9.71. The number of para-hydroxylation sites is 1. The van der Waals surface area contributed by atoms with Crippen LogP contribution >= 0.6 is 11.8 Å². The SMILES string of the molecule is Cc1ccc(C2SC(C)C(=O)N2c2c(C)n(C)n(-c3ccccc3)c2=O)cc1C. The Bertz CT molecular complexity index is 1150. The van der Waals surface area contributed by atoms with Crippen LogP contribution in [0, 0.1) is 20.8 Å². The summed E-state index contributed by atoms with van der Waals surface area (Å²) in [6.45, 7) is 7.96. The molecule has 3 aromatic rings. The Hall–Kier alpha value is -2.73. The number of aromatic nitrogens is 2. The maximum absolute atomic E-state index is 13.5. The minimum Gasteiger partial charge on any atom is -0.288 e. The molecule has 150 valence electrons. The predicted octanol–water partition coefficient (Wildman–Crippen LogP) is 4.27. The first-order valence-corrected chi connectivity index (χ1v) is 10.6. The molecule has 0 N–H and O–H groups in total. The summed E-state index contributed by atoms with van der Waals surface area (Å²) < 4.78 is 3.45. The largest absolute Gasteiger partial charge is 0.295 e. The zero-order chi connectivity index (χ0) is 20.9. The summed E-state index contributed by atoms with van der Waals surface area (Å²) in [6, 6.07) is 15.8. The minimum atomic E-state index is -0.213. The summed E-state index contributed by atoms with van der Waals surface area (Å²) in [5.41, 5.74) is 5.28. The second kappa shape index (κ2) is 7.26. The molecule has 0 radical (unpaired) electrons. The van der Waals surface area contributed by atoms with Gasteiger partial charge in [0.1, 0.15) is 11.1 Å². The lowest BCUT2D eigenvalue weighted by Gasteiger charge is -2.23. The van der Waals surface area contributed by atoms with Gasteiger partial charge in [0.2, 0.25) is 5.91 Å². The van der Waals surface area contributed by atoms with Crippen molar-refractivity contribution in [2.45, 2.75) is 38.3 Å². The highest BCUT2D eigenvalue weighted by Gasteiger charge is 2.42. The number of benzene rings is 2. The molecule has 0 bridgehead atoms. The molecule has 2 atom stereocenters. The molecule has 1 aliphatic heterocycles. The van der Waals surface area contributed by atoms with Gasteiger partial charge in [0.25, 0.3) is 5.56 Å². The molecule has 2 aromatic carbocycles. The number of nitrogens with zero attached hydrogens (tertiary/aromatic N) is 3. The summed E-state index contributed by atoms with van der Waals surface area (Å²) in [6.07, 6.45) is 0. The first kappa shape index (κ1) is 19.6. The molecule has 4 rings (SSSR count). The number of hydrogen-bond donors (Lipinski definition) is 0. The molecule has 2 unspecified atom stereocenters. The molecular weight excluding hydrogens is 382 g/mol. The Kier molecular flexibility index (Phi) is 4.90. The topological polar surface area (TPSA) is 47.2 Å². The fourth-order valence-electron chi connectivity index (χ4n) is 3.83. The number of carbonyl (C=O) groups excluding carboxylic acids is 1. The van der Waals surface area contributed by atoms with Crippen molar-refractivity contribution in [1.82, 2.24) is 9.36 Å². The lowest BCUT2D eigenvalue weighted by molar-refractivity contribution is -0.117. The lowest BCUT2D eigenvalue weighted by Crippen LogP contribution is -2.34. The third-order valence-corrected chi connectivity index (χ3v) is 7.08. The van der Waals surface area contributed by atoms with Gasteiger partial charge in [-0.15, -0.1) is 11.8 Å². The van der Waals surface area contributed by atoms with E-state index in [0.29, 0.717) is 5.69 Å². The van der Waals surface area contributed by atoms with Crippen molar-refractivity contribution in [3.63, 3.8) is 0 Å². The van der Waals surface area contributed by atoms with Crippen molar-refractivity contribution < 1.29 is 4.79 Å². The average molecular weight is 408 g/mol. The fraction of sp³-hybridized carbons (Fsp3) is 0.304. The van der Waals surface area contributed by atoms with E-state index >= 15 is 0 Å². The van der Waals surface area contributed by atoms with E-state index in [1.54, 1.807) is 21.3 Å². The maximum atomic E-state index is 13.5. The maximum Gasteiger partial charge on any atom is 0.295 e. The average Bonchev–Trinajstić information content (AvgIpc) is 3.11. The van der Waals surface area contributed by atoms with E-state index in [4.69, 9.17) is 0 Å². The van der Waals surface area contributed by atoms with Crippen LogP contribution in [0.5, 0.6) is 0 Å². The Morgan fingerprint density at radius 2 is 1.62 bits per heavy atom. The van der Waals surface area contributed by atoms with E-state index in [1.165, 1.54) is 11.1 Å². The summed E-state index contributed by atoms with van der Waals surface area (Å²) in [4.78, 5) is 28.3. The summed E-state index contributed by atoms with van der Waals surface area (Å²) >= 11 is 1.59. The highest BCUT2D eigenvalue weighted by Crippen LogP contribution is 2.45. The van der Waals surface area contributed by atoms with Crippen LogP contribution in [-0.4, -0.2) is 20.5 Å². The number of carbonyl (C=O) groups is 1. The van der Waals surface area contributed by atoms with E-state index in [-0.39, 0.29) is 22.1 Å². The number of hydrogen-bond acceptors (Lipinski definition) is 3. The number of thioether (sulfide) groups is 1. The predicted molar refractivity (Wildman–Crippen MR) is 119 cm³/mol. The highest BCUT2D eigenvalue weighted by molar-refractivity contribution is 8.01. The van der Waals surface area contributed by atoms with Gasteiger partial charge in [0.05, 0.1) is 16.6 Å². The molecular formula is C23H25N3O2S. The standard InChI is InChI=1S/C23H25N3O2S/c1-14-11-12-18(13-15(14)2)23-25(21(27)17(4)29-23)20-16(3)24(5)26(22(20)28)19-9-7-6-8-10-19/h6-13,17,23H,1-5H3. The molecule has 1 aliphatic rings. The van der Waals surface area contributed by atoms with Gasteiger partial charge in [-0.1, -0.05) is 36.4 Å². The third kappa shape index (κ3) is 3.12. The van der Waals surface area contributed by atoms with Gasteiger partial charge in [-0.3, -0.25) is 19.2 Å². The van der Waals surface area contributed by atoms with Gasteiger partial charge >= 0.3 is 0 Å². The molecule has 1 saturated heterocycles. The molecule has 5 nitrogen and oxygen atoms in total. The van der Waals surface area contributed by atoms with Gasteiger partial charge in [0, 0.05) is 7.05 Å². The van der Waals surface area contributed by atoms with Crippen molar-refractivity contribution in [2.24, 2.45) is 7.05 Å². The monoisotopic (exact) mass is 407 g/mol. The van der Waals surface area contributed by atoms with Crippen molar-refractivity contribution in [2.75, 3.05) is 4.90 Å². The summed E-state index contributed by atoms with van der Waals surface area (Å²) in [7, 11) is 1.86. The highest BCUT2D eigenvalue weighted by atomic mass is 32.2. The zero-order valence-electron chi connectivity index (χ0n) is 17.3. The number of anilines is 1. The number of rotatable bonds is 3. The number of amides is 1. The van der Waals surface area contributed by atoms with Crippen molar-refractivity contribution in [1.29, 1.82) is 0 Å². The molecule has 2 heterocycles. The Labute approximate surface area is 174 Å². The van der Waals surface area contributed by atoms with Crippen LogP contribution in [-0.2, 0) is 11.8 Å². The smallest absolute Gasteiger partial charge is 0.288 e. The normalized spacial score (nSPS) is 19.2. The fourth-order valence-corrected chi connectivity index (χ4v) is 5.08. The van der Waals surface area contributed by atoms with E-state index in [9.17, 15) is 9.59 Å². The van der Waals surface area contributed by atoms with E-state index in [2.05, 4.69) is 32.0 Å². The van der Waals surface area contributed by atoms with Crippen molar-refractivity contribution in [3.8, 4) is 5.69 Å². The van der Waals surface area contributed by atoms with E-state index in [0.717, 1.165) is 16.9 Å². The van der Waals surface area contributed by atoms with Crippen LogP contribution in [0.25, 0.3) is 5.69 Å². The van der Waals surface area contributed by atoms with Crippen LogP contribution < -0.4 is 10.5 Å². The lowest BCUT2D eigenvalue weighted by atomic mass is 10.1. The van der Waals surface area contributed by atoms with Gasteiger partial charge in [-0.25, -0.2) is 4.68 Å². The number of aryl methyl sites for hydroxylation is 2. The van der Waals surface area contributed by atoms with Gasteiger partial charge in [-0.05, 0) is 56.5 Å². The Balaban J connectivity index is 1.89.